The van der Waals surface area contributed by atoms with Crippen LogP contribution in [0.4, 0.5) is 5.69 Å². The molecule has 110 valence electrons. The normalized spacial score (nSPS) is 17.8. The Bertz CT molecular complexity index is 754. The number of methoxy groups -OCH3 is 1. The van der Waals surface area contributed by atoms with Crippen LogP contribution in [0.25, 0.3) is 6.08 Å². The number of nitrogens with zero attached hydrogens (tertiary/aromatic N) is 1. The van der Waals surface area contributed by atoms with E-state index in [9.17, 15) is 4.79 Å². The van der Waals surface area contributed by atoms with E-state index in [0.29, 0.717) is 10.1 Å². The van der Waals surface area contributed by atoms with E-state index < -0.39 is 0 Å². The highest BCUT2D eigenvalue weighted by Crippen LogP contribution is 2.28. The molecule has 0 bridgehead atoms. The van der Waals surface area contributed by atoms with Gasteiger partial charge in [0.05, 0.1) is 17.7 Å². The largest absolute Gasteiger partial charge is 0.497 e. The lowest BCUT2D eigenvalue weighted by molar-refractivity contribution is -0.115. The van der Waals surface area contributed by atoms with Gasteiger partial charge >= 0.3 is 0 Å². The standard InChI is InChI=1S/C17H14N2O2S/c1-21-14-9-5-8-13(11-14)18-17-19-16(20)15(22-17)10-12-6-3-2-4-7-12/h2-11H,1H3,(H,18,19,20)/b15-10-. The molecule has 1 amide bonds. The minimum Gasteiger partial charge on any atom is -0.497 e. The molecule has 1 N–H and O–H groups in total. The second-order valence-corrected chi connectivity index (χ2v) is 5.62. The Morgan fingerprint density at radius 3 is 2.73 bits per heavy atom. The van der Waals surface area contributed by atoms with Crippen molar-refractivity contribution in [1.29, 1.82) is 0 Å². The molecule has 0 unspecified atom stereocenters. The summed E-state index contributed by atoms with van der Waals surface area (Å²) < 4.78 is 5.17. The van der Waals surface area contributed by atoms with Gasteiger partial charge in [-0.05, 0) is 35.5 Å². The van der Waals surface area contributed by atoms with Crippen molar-refractivity contribution < 1.29 is 9.53 Å². The summed E-state index contributed by atoms with van der Waals surface area (Å²) in [6, 6.07) is 17.1. The first-order valence-corrected chi connectivity index (χ1v) is 7.55. The van der Waals surface area contributed by atoms with E-state index >= 15 is 0 Å². The average Bonchev–Trinajstić information content (AvgIpc) is 2.88. The van der Waals surface area contributed by atoms with E-state index in [1.165, 1.54) is 11.8 Å². The number of nitrogens with one attached hydrogen (secondary N) is 1. The summed E-state index contributed by atoms with van der Waals surface area (Å²) in [4.78, 5) is 17.1. The van der Waals surface area contributed by atoms with E-state index in [4.69, 9.17) is 4.74 Å². The van der Waals surface area contributed by atoms with Gasteiger partial charge in [-0.1, -0.05) is 36.4 Å². The van der Waals surface area contributed by atoms with Crippen molar-refractivity contribution in [2.45, 2.75) is 0 Å². The van der Waals surface area contributed by atoms with Crippen LogP contribution < -0.4 is 10.1 Å². The van der Waals surface area contributed by atoms with E-state index in [0.717, 1.165) is 17.0 Å². The van der Waals surface area contributed by atoms with Crippen LogP contribution in [0.3, 0.4) is 0 Å². The van der Waals surface area contributed by atoms with Crippen molar-refractivity contribution >= 4 is 34.6 Å². The molecule has 0 atom stereocenters. The van der Waals surface area contributed by atoms with Crippen LogP contribution in [0.1, 0.15) is 5.56 Å². The van der Waals surface area contributed by atoms with Gasteiger partial charge in [-0.15, -0.1) is 0 Å². The van der Waals surface area contributed by atoms with Crippen molar-refractivity contribution in [2.75, 3.05) is 7.11 Å². The van der Waals surface area contributed by atoms with E-state index in [2.05, 4.69) is 10.3 Å². The molecule has 0 radical (unpaired) electrons. The fourth-order valence-corrected chi connectivity index (χ4v) is 2.82. The highest BCUT2D eigenvalue weighted by Gasteiger charge is 2.23. The molecule has 4 nitrogen and oxygen atoms in total. The summed E-state index contributed by atoms with van der Waals surface area (Å²) in [7, 11) is 1.61. The number of aliphatic imine (C=N–C) groups is 1. The van der Waals surface area contributed by atoms with Crippen LogP contribution in [0.2, 0.25) is 0 Å². The zero-order chi connectivity index (χ0) is 15.4. The number of carbonyl (C=O) groups is 1. The van der Waals surface area contributed by atoms with Crippen LogP contribution in [0.5, 0.6) is 5.75 Å². The number of ether oxygens (including phenoxy) is 1. The molecule has 1 fully saturated rings. The van der Waals surface area contributed by atoms with Gasteiger partial charge in [0.25, 0.3) is 5.91 Å². The van der Waals surface area contributed by atoms with Gasteiger partial charge in [-0.2, -0.15) is 0 Å². The summed E-state index contributed by atoms with van der Waals surface area (Å²) in [6.45, 7) is 0. The number of hydrogen-bond acceptors (Lipinski definition) is 4. The zero-order valence-electron chi connectivity index (χ0n) is 11.9. The predicted molar refractivity (Wildman–Crippen MR) is 90.2 cm³/mol. The Hall–Kier alpha value is -2.53. The number of hydrogen-bond donors (Lipinski definition) is 1. The summed E-state index contributed by atoms with van der Waals surface area (Å²) in [5.74, 6) is 0.603. The quantitative estimate of drug-likeness (QED) is 0.882. The third-order valence-electron chi connectivity index (χ3n) is 3.03. The van der Waals surface area contributed by atoms with Gasteiger partial charge in [0.1, 0.15) is 5.75 Å². The molecule has 0 spiro atoms. The number of amidine groups is 1. The zero-order valence-corrected chi connectivity index (χ0v) is 12.8. The fourth-order valence-electron chi connectivity index (χ4n) is 1.98. The van der Waals surface area contributed by atoms with Gasteiger partial charge < -0.3 is 10.1 Å². The topological polar surface area (TPSA) is 50.7 Å². The maximum atomic E-state index is 12.0. The summed E-state index contributed by atoms with van der Waals surface area (Å²) in [5, 5.41) is 3.34. The van der Waals surface area contributed by atoms with Crippen molar-refractivity contribution in [3.63, 3.8) is 0 Å². The van der Waals surface area contributed by atoms with Crippen LogP contribution in [-0.2, 0) is 4.79 Å². The molecule has 3 rings (SSSR count). The molecule has 0 aromatic heterocycles. The number of rotatable bonds is 3. The van der Waals surface area contributed by atoms with Crippen LogP contribution >= 0.6 is 11.8 Å². The number of carbonyl (C=O) groups excluding carboxylic acids is 1. The highest BCUT2D eigenvalue weighted by molar-refractivity contribution is 8.18. The molecule has 22 heavy (non-hydrogen) atoms. The number of benzene rings is 2. The molecular weight excluding hydrogens is 296 g/mol. The predicted octanol–water partition coefficient (Wildman–Crippen LogP) is 3.59. The fraction of sp³-hybridized carbons (Fsp3) is 0.0588. The number of amides is 1. The molecule has 1 saturated heterocycles. The van der Waals surface area contributed by atoms with Gasteiger partial charge in [0.2, 0.25) is 0 Å². The molecule has 2 aromatic rings. The highest BCUT2D eigenvalue weighted by atomic mass is 32.2. The van der Waals surface area contributed by atoms with Crippen molar-refractivity contribution in [2.24, 2.45) is 4.99 Å². The molecule has 1 aliphatic rings. The lowest BCUT2D eigenvalue weighted by atomic mass is 10.2. The Morgan fingerprint density at radius 2 is 1.95 bits per heavy atom. The maximum absolute atomic E-state index is 12.0. The summed E-state index contributed by atoms with van der Waals surface area (Å²) in [5.41, 5.74) is 1.73. The van der Waals surface area contributed by atoms with E-state index in [1.54, 1.807) is 7.11 Å². The third kappa shape index (κ3) is 3.38. The van der Waals surface area contributed by atoms with Crippen LogP contribution in [-0.4, -0.2) is 18.2 Å². The molecular formula is C17H14N2O2S. The van der Waals surface area contributed by atoms with Crippen LogP contribution in [0.15, 0.2) is 64.5 Å². The Kier molecular flexibility index (Phi) is 4.25. The molecule has 1 aliphatic heterocycles. The first-order chi connectivity index (χ1) is 10.7. The molecule has 5 heteroatoms. The SMILES string of the molecule is COc1cccc(N=C2NC(=O)/C(=C/c3ccccc3)S2)c1. The van der Waals surface area contributed by atoms with Crippen LogP contribution in [0, 0.1) is 0 Å². The van der Waals surface area contributed by atoms with E-state index in [-0.39, 0.29) is 5.91 Å². The average molecular weight is 310 g/mol. The molecule has 1 heterocycles. The van der Waals surface area contributed by atoms with Gasteiger partial charge in [0.15, 0.2) is 5.17 Å². The Labute approximate surface area is 132 Å². The molecule has 2 aromatic carbocycles. The van der Waals surface area contributed by atoms with Gasteiger partial charge in [0, 0.05) is 6.07 Å². The Balaban J connectivity index is 1.82. The second kappa shape index (κ2) is 6.49. The minimum absolute atomic E-state index is 0.129. The second-order valence-electron chi connectivity index (χ2n) is 4.59. The summed E-state index contributed by atoms with van der Waals surface area (Å²) >= 11 is 1.33. The van der Waals surface area contributed by atoms with E-state index in [1.807, 2.05) is 60.7 Å². The van der Waals surface area contributed by atoms with Crippen molar-refractivity contribution in [1.82, 2.24) is 5.32 Å². The van der Waals surface area contributed by atoms with Crippen molar-refractivity contribution in [3.05, 3.63) is 65.1 Å². The molecule has 0 aliphatic carbocycles. The molecule has 0 saturated carbocycles. The first-order valence-electron chi connectivity index (χ1n) is 6.73. The summed E-state index contributed by atoms with van der Waals surface area (Å²) in [6.07, 6.45) is 1.86. The third-order valence-corrected chi connectivity index (χ3v) is 3.94. The lowest BCUT2D eigenvalue weighted by Gasteiger charge is -2.00. The maximum Gasteiger partial charge on any atom is 0.264 e. The lowest BCUT2D eigenvalue weighted by Crippen LogP contribution is -2.19. The smallest absolute Gasteiger partial charge is 0.264 e. The first kappa shape index (κ1) is 14.4. The minimum atomic E-state index is -0.129. The monoisotopic (exact) mass is 310 g/mol. The Morgan fingerprint density at radius 1 is 1.14 bits per heavy atom. The number of thioether (sulfide) groups is 1. The van der Waals surface area contributed by atoms with Gasteiger partial charge in [-0.25, -0.2) is 4.99 Å². The van der Waals surface area contributed by atoms with Crippen molar-refractivity contribution in [3.8, 4) is 5.75 Å². The van der Waals surface area contributed by atoms with Gasteiger partial charge in [-0.3, -0.25) is 4.79 Å².